The van der Waals surface area contributed by atoms with Gasteiger partial charge in [-0.15, -0.1) is 0 Å². The highest BCUT2D eigenvalue weighted by atomic mass is 16.5. The fourth-order valence-electron chi connectivity index (χ4n) is 16.4. The first-order chi connectivity index (χ1) is 46.1. The lowest BCUT2D eigenvalue weighted by Gasteiger charge is -2.34. The van der Waals surface area contributed by atoms with E-state index in [-0.39, 0.29) is 6.71 Å². The van der Waals surface area contributed by atoms with E-state index in [0.717, 1.165) is 111 Å². The number of para-hydroxylation sites is 6. The van der Waals surface area contributed by atoms with Gasteiger partial charge in [0.25, 0.3) is 6.71 Å². The topological polar surface area (TPSA) is 38.2 Å². The highest BCUT2D eigenvalue weighted by Crippen LogP contribution is 2.45. The Kier molecular flexibility index (Phi) is 10.1. The lowest BCUT2D eigenvalue weighted by atomic mass is 9.34. The van der Waals surface area contributed by atoms with E-state index in [1.165, 1.54) is 76.1 Å². The number of nitrogens with zero attached hydrogens (tertiary/aromatic N) is 6. The van der Waals surface area contributed by atoms with Gasteiger partial charge in [-0.05, 0) is 160 Å². The summed E-state index contributed by atoms with van der Waals surface area (Å²) in [5.74, 6) is 1.66. The van der Waals surface area contributed by atoms with Gasteiger partial charge >= 0.3 is 0 Å². The van der Waals surface area contributed by atoms with Crippen LogP contribution in [0, 0.1) is 6.57 Å². The van der Waals surface area contributed by atoms with Crippen LogP contribution in [0.3, 0.4) is 0 Å². The minimum atomic E-state index is -0.212. The maximum atomic E-state index is 7.81. The Morgan fingerprint density at radius 2 is 0.667 bits per heavy atom. The van der Waals surface area contributed by atoms with Gasteiger partial charge in [0.15, 0.2) is 5.69 Å². The third kappa shape index (κ3) is 6.97. The molecule has 0 N–H and O–H groups in total. The van der Waals surface area contributed by atoms with Crippen molar-refractivity contribution >= 4 is 138 Å². The second kappa shape index (κ2) is 18.8. The van der Waals surface area contributed by atoms with Crippen molar-refractivity contribution in [1.82, 2.24) is 22.8 Å². The Hall–Kier alpha value is -12.6. The number of hydrogen-bond acceptors (Lipinski definition) is 1. The van der Waals surface area contributed by atoms with Gasteiger partial charge in [0.2, 0.25) is 0 Å². The van der Waals surface area contributed by atoms with Gasteiger partial charge in [-0.25, -0.2) is 4.85 Å². The van der Waals surface area contributed by atoms with Crippen molar-refractivity contribution < 1.29 is 4.74 Å². The summed E-state index contributed by atoms with van der Waals surface area (Å²) in [6, 6.07) is 109. The second-order valence-corrected chi connectivity index (χ2v) is 25.0. The molecule has 0 saturated heterocycles. The number of ether oxygens (including phenoxy) is 1. The zero-order chi connectivity index (χ0) is 60.7. The van der Waals surface area contributed by atoms with Crippen LogP contribution in [0.2, 0.25) is 0 Å². The van der Waals surface area contributed by atoms with E-state index in [4.69, 9.17) is 11.3 Å². The minimum absolute atomic E-state index is 0.212. The molecule has 0 unspecified atom stereocenters. The largest absolute Gasteiger partial charge is 0.458 e. The first kappa shape index (κ1) is 50.3. The van der Waals surface area contributed by atoms with Crippen LogP contribution in [0.1, 0.15) is 0 Å². The average molecular weight is 1180 g/mol. The fraction of sp³-hybridized carbons (Fsp3) is 0. The van der Waals surface area contributed by atoms with E-state index in [1.807, 2.05) is 12.1 Å². The van der Waals surface area contributed by atoms with Crippen molar-refractivity contribution in [2.24, 2.45) is 0 Å². The number of benzene rings is 14. The number of fused-ring (bicyclic) bond motifs is 19. The van der Waals surface area contributed by atoms with Crippen LogP contribution < -0.4 is 21.1 Å². The Morgan fingerprint density at radius 1 is 0.269 bits per heavy atom. The lowest BCUT2D eigenvalue weighted by Crippen LogP contribution is -2.58. The summed E-state index contributed by atoms with van der Waals surface area (Å²) in [4.78, 5) is 3.76. The van der Waals surface area contributed by atoms with E-state index in [1.54, 1.807) is 0 Å². The molecule has 0 radical (unpaired) electrons. The van der Waals surface area contributed by atoms with Crippen LogP contribution in [0.25, 0.3) is 165 Å². The maximum Gasteiger partial charge on any atom is 0.256 e. The first-order valence-electron chi connectivity index (χ1n) is 31.8. The molecule has 7 nitrogen and oxygen atoms in total. The molecule has 21 rings (SSSR count). The van der Waals surface area contributed by atoms with Crippen molar-refractivity contribution in [3.8, 4) is 62.2 Å². The van der Waals surface area contributed by atoms with E-state index < -0.39 is 0 Å². The van der Waals surface area contributed by atoms with Gasteiger partial charge in [0, 0.05) is 87.8 Å². The summed E-state index contributed by atoms with van der Waals surface area (Å²) in [7, 11) is 0. The first-order valence-corrected chi connectivity index (χ1v) is 31.8. The zero-order valence-corrected chi connectivity index (χ0v) is 50.0. The normalized spacial score (nSPS) is 12.6. The Morgan fingerprint density at radius 3 is 1.16 bits per heavy atom. The Labute approximate surface area is 533 Å². The molecule has 5 aromatic heterocycles. The summed E-state index contributed by atoms with van der Waals surface area (Å²) in [6.45, 7) is 7.60. The Bertz CT molecular complexity index is 6440. The van der Waals surface area contributed by atoms with Crippen LogP contribution in [-0.2, 0) is 0 Å². The fourth-order valence-corrected chi connectivity index (χ4v) is 16.4. The molecule has 428 valence electrons. The lowest BCUT2D eigenvalue weighted by molar-refractivity contribution is 0.487. The monoisotopic (exact) mass is 1180 g/mol. The smallest absolute Gasteiger partial charge is 0.256 e. The quantitative estimate of drug-likeness (QED) is 0.121. The summed E-state index contributed by atoms with van der Waals surface area (Å²) in [5, 5.41) is 12.0. The van der Waals surface area contributed by atoms with Crippen LogP contribution in [0.5, 0.6) is 11.5 Å². The molecule has 0 saturated carbocycles. The van der Waals surface area contributed by atoms with Crippen LogP contribution in [0.4, 0.5) is 5.69 Å². The molecule has 14 aromatic carbocycles. The highest BCUT2D eigenvalue weighted by molar-refractivity contribution is 6.99. The second-order valence-electron chi connectivity index (χ2n) is 25.0. The average Bonchev–Trinajstić information content (AvgIpc) is 1.61. The molecule has 19 aromatic rings. The van der Waals surface area contributed by atoms with Crippen molar-refractivity contribution in [2.75, 3.05) is 0 Å². The molecule has 0 fully saturated rings. The molecule has 7 heterocycles. The van der Waals surface area contributed by atoms with Crippen molar-refractivity contribution in [2.45, 2.75) is 0 Å². The number of rotatable bonds is 6. The Balaban J connectivity index is 0.850. The van der Waals surface area contributed by atoms with Crippen molar-refractivity contribution in [3.05, 3.63) is 309 Å². The molecule has 8 heteroatoms. The van der Waals surface area contributed by atoms with Gasteiger partial charge < -0.3 is 27.6 Å². The molecule has 2 aliphatic rings. The predicted octanol–water partition coefficient (Wildman–Crippen LogP) is 20.0. The molecule has 0 atom stereocenters. The molecule has 0 spiro atoms. The molecule has 0 aliphatic carbocycles. The van der Waals surface area contributed by atoms with Crippen molar-refractivity contribution in [3.63, 3.8) is 0 Å². The van der Waals surface area contributed by atoms with E-state index >= 15 is 0 Å². The van der Waals surface area contributed by atoms with Gasteiger partial charge in [-0.2, -0.15) is 0 Å². The predicted molar refractivity (Wildman–Crippen MR) is 386 cm³/mol. The number of aromatic nitrogens is 5. The van der Waals surface area contributed by atoms with Crippen LogP contribution >= 0.6 is 0 Å². The molecular formula is C85H49BN6O. The molecular weight excluding hydrogens is 1130 g/mol. The highest BCUT2D eigenvalue weighted by Gasteiger charge is 2.42. The van der Waals surface area contributed by atoms with Gasteiger partial charge in [0.05, 0.1) is 56.2 Å². The SMILES string of the molecule is [C-]#[N+]c1ccc(-c2cc3c4c(c2)-n2c5ccc(-n6c7ccccc7c7cc(-n8c9ccccc9c9ccccc98)ccc76)cc5c5cc(-n6c7ccccc7c7cc(-n8c9ccccc9c9ccccc98)ccc76)cc(c52)B4c2cc(-c4ccccc4)ccc2O3)cc1. The van der Waals surface area contributed by atoms with E-state index in [2.05, 4.69) is 313 Å². The molecule has 93 heavy (non-hydrogen) atoms. The summed E-state index contributed by atoms with van der Waals surface area (Å²) in [6.07, 6.45) is 0. The molecule has 0 bridgehead atoms. The standard InChI is InChI=1S/C85H49BN6O/c1-87-55-34-31-52(32-35-55)54-44-81-84-83(45-54)93-82-42-33-53(51-17-3-2-4-18-51)43-70(82)86(84)71-50-59(91-77-30-16-10-24-65(77)67-47-57(37-40-79(67)91)89-74-27-13-7-21-62(74)63-22-8-14-28-75(63)89)49-69-68-48-58(38-41-80(68)92(81)85(69)71)90-76-29-15-9-23-64(76)66-46-56(36-39-78(66)90)88-72-25-11-5-19-60(72)61-20-6-12-26-73(61)88/h2-50H. The van der Waals surface area contributed by atoms with E-state index in [0.29, 0.717) is 5.69 Å². The third-order valence-corrected chi connectivity index (χ3v) is 20.3. The molecule has 0 amide bonds. The van der Waals surface area contributed by atoms with Crippen LogP contribution in [-0.4, -0.2) is 29.5 Å². The van der Waals surface area contributed by atoms with Gasteiger partial charge in [-0.3, -0.25) is 0 Å². The van der Waals surface area contributed by atoms with Crippen molar-refractivity contribution in [1.29, 1.82) is 0 Å². The summed E-state index contributed by atoms with van der Waals surface area (Å²) < 4.78 is 19.6. The van der Waals surface area contributed by atoms with Gasteiger partial charge in [-0.1, -0.05) is 176 Å². The summed E-state index contributed by atoms with van der Waals surface area (Å²) >= 11 is 0. The van der Waals surface area contributed by atoms with Gasteiger partial charge in [0.1, 0.15) is 11.5 Å². The van der Waals surface area contributed by atoms with Crippen LogP contribution in [0.15, 0.2) is 297 Å². The molecule has 2 aliphatic heterocycles. The number of hydrogen-bond donors (Lipinski definition) is 0. The zero-order valence-electron chi connectivity index (χ0n) is 50.0. The van der Waals surface area contributed by atoms with E-state index in [9.17, 15) is 0 Å². The maximum absolute atomic E-state index is 7.81. The minimum Gasteiger partial charge on any atom is -0.458 e. The summed E-state index contributed by atoms with van der Waals surface area (Å²) in [5.41, 5.74) is 25.4. The third-order valence-electron chi connectivity index (χ3n) is 20.3.